The zero-order valence-corrected chi connectivity index (χ0v) is 16.6. The lowest BCUT2D eigenvalue weighted by Crippen LogP contribution is -2.37. The largest absolute Gasteiger partial charge is 0.354 e. The van der Waals surface area contributed by atoms with E-state index in [0.29, 0.717) is 18.3 Å². The third-order valence-corrected chi connectivity index (χ3v) is 6.82. The van der Waals surface area contributed by atoms with Gasteiger partial charge in [-0.1, -0.05) is 18.2 Å². The minimum Gasteiger partial charge on any atom is -0.354 e. The van der Waals surface area contributed by atoms with Gasteiger partial charge in [0.05, 0.1) is 6.42 Å². The number of sulfonamides is 1. The molecular formula is C17H22ClN3O3S2. The standard InChI is InChI=1S/C17H21N3O3S2.ClH/c21-16(19-12-15-3-1-9-18-15)11-13-5-7-14(8-6-13)20-25(22,23)17-4-2-10-24-17;/h2,4-8,10,15,18,20H,1,3,9,11-12H2,(H,19,21);1H. The maximum absolute atomic E-state index is 12.2. The van der Waals surface area contributed by atoms with Crippen LogP contribution in [0.1, 0.15) is 18.4 Å². The van der Waals surface area contributed by atoms with Crippen LogP contribution in [0, 0.1) is 0 Å². The SMILES string of the molecule is Cl.O=C(Cc1ccc(NS(=O)(=O)c2cccs2)cc1)NCC1CCCN1. The number of anilines is 1. The zero-order chi connectivity index (χ0) is 17.7. The first-order valence-electron chi connectivity index (χ1n) is 8.18. The van der Waals surface area contributed by atoms with Gasteiger partial charge in [0.1, 0.15) is 4.21 Å². The molecule has 1 atom stereocenters. The molecule has 2 heterocycles. The molecule has 0 bridgehead atoms. The smallest absolute Gasteiger partial charge is 0.271 e. The maximum Gasteiger partial charge on any atom is 0.271 e. The van der Waals surface area contributed by atoms with E-state index in [9.17, 15) is 13.2 Å². The van der Waals surface area contributed by atoms with Crippen LogP contribution in [0.2, 0.25) is 0 Å². The van der Waals surface area contributed by atoms with Gasteiger partial charge in [-0.15, -0.1) is 23.7 Å². The molecule has 0 saturated carbocycles. The molecule has 9 heteroatoms. The molecule has 1 saturated heterocycles. The summed E-state index contributed by atoms with van der Waals surface area (Å²) in [6.45, 7) is 1.67. The fraction of sp³-hybridized carbons (Fsp3) is 0.353. The lowest BCUT2D eigenvalue weighted by Gasteiger charge is -2.11. The minimum absolute atomic E-state index is 0. The average Bonchev–Trinajstić information content (AvgIpc) is 3.28. The number of amides is 1. The van der Waals surface area contributed by atoms with Crippen LogP contribution in [-0.2, 0) is 21.2 Å². The van der Waals surface area contributed by atoms with Gasteiger partial charge in [-0.3, -0.25) is 9.52 Å². The van der Waals surface area contributed by atoms with Crippen molar-refractivity contribution in [1.82, 2.24) is 10.6 Å². The van der Waals surface area contributed by atoms with E-state index in [-0.39, 0.29) is 28.9 Å². The lowest BCUT2D eigenvalue weighted by molar-refractivity contribution is -0.120. The Balaban J connectivity index is 0.00000243. The van der Waals surface area contributed by atoms with Gasteiger partial charge in [0.15, 0.2) is 0 Å². The lowest BCUT2D eigenvalue weighted by atomic mass is 10.1. The van der Waals surface area contributed by atoms with Crippen LogP contribution in [0.25, 0.3) is 0 Å². The Morgan fingerprint density at radius 1 is 1.23 bits per heavy atom. The number of halogens is 1. The second kappa shape index (κ2) is 9.36. The normalized spacial score (nSPS) is 16.7. The van der Waals surface area contributed by atoms with Crippen molar-refractivity contribution in [2.75, 3.05) is 17.8 Å². The van der Waals surface area contributed by atoms with Gasteiger partial charge in [0, 0.05) is 18.3 Å². The van der Waals surface area contributed by atoms with Crippen molar-refractivity contribution in [1.29, 1.82) is 0 Å². The molecule has 1 amide bonds. The highest BCUT2D eigenvalue weighted by Crippen LogP contribution is 2.20. The van der Waals surface area contributed by atoms with Crippen LogP contribution in [0.4, 0.5) is 5.69 Å². The first-order valence-corrected chi connectivity index (χ1v) is 10.5. The van der Waals surface area contributed by atoms with Crippen molar-refractivity contribution in [2.45, 2.75) is 29.5 Å². The number of carbonyl (C=O) groups excluding carboxylic acids is 1. The summed E-state index contributed by atoms with van der Waals surface area (Å²) in [5.41, 5.74) is 1.32. The Kier molecular flexibility index (Phi) is 7.45. The Labute approximate surface area is 163 Å². The highest BCUT2D eigenvalue weighted by atomic mass is 35.5. The number of carbonyl (C=O) groups is 1. The number of nitrogens with one attached hydrogen (secondary N) is 3. The quantitative estimate of drug-likeness (QED) is 0.647. The van der Waals surface area contributed by atoms with Gasteiger partial charge < -0.3 is 10.6 Å². The zero-order valence-electron chi connectivity index (χ0n) is 14.1. The number of hydrogen-bond donors (Lipinski definition) is 3. The molecule has 3 rings (SSSR count). The minimum atomic E-state index is -3.54. The van der Waals surface area contributed by atoms with Gasteiger partial charge in [0.2, 0.25) is 5.91 Å². The summed E-state index contributed by atoms with van der Waals surface area (Å²) in [4.78, 5) is 12.0. The Hall–Kier alpha value is -1.61. The monoisotopic (exact) mass is 415 g/mol. The van der Waals surface area contributed by atoms with Crippen molar-refractivity contribution in [2.24, 2.45) is 0 Å². The van der Waals surface area contributed by atoms with Crippen molar-refractivity contribution < 1.29 is 13.2 Å². The van der Waals surface area contributed by atoms with Crippen LogP contribution in [0.15, 0.2) is 46.0 Å². The van der Waals surface area contributed by atoms with Gasteiger partial charge in [-0.05, 0) is 48.5 Å². The molecule has 1 aromatic heterocycles. The van der Waals surface area contributed by atoms with Crippen molar-refractivity contribution in [3.63, 3.8) is 0 Å². The summed E-state index contributed by atoms with van der Waals surface area (Å²) in [6, 6.07) is 10.5. The van der Waals surface area contributed by atoms with E-state index in [1.807, 2.05) is 0 Å². The van der Waals surface area contributed by atoms with Gasteiger partial charge >= 0.3 is 0 Å². The molecule has 1 aliphatic heterocycles. The second-order valence-corrected chi connectivity index (χ2v) is 8.87. The van der Waals surface area contributed by atoms with Gasteiger partial charge in [-0.25, -0.2) is 8.42 Å². The summed E-state index contributed by atoms with van der Waals surface area (Å²) in [5.74, 6) is -0.0272. The number of benzene rings is 1. The van der Waals surface area contributed by atoms with E-state index in [2.05, 4.69) is 15.4 Å². The number of hydrogen-bond acceptors (Lipinski definition) is 5. The van der Waals surface area contributed by atoms with E-state index >= 15 is 0 Å². The average molecular weight is 416 g/mol. The number of thiophene rings is 1. The van der Waals surface area contributed by atoms with E-state index in [1.54, 1.807) is 41.8 Å². The Morgan fingerprint density at radius 3 is 2.62 bits per heavy atom. The highest BCUT2D eigenvalue weighted by Gasteiger charge is 2.16. The van der Waals surface area contributed by atoms with Gasteiger partial charge in [-0.2, -0.15) is 0 Å². The summed E-state index contributed by atoms with van der Waals surface area (Å²) >= 11 is 1.17. The predicted octanol–water partition coefficient (Wildman–Crippen LogP) is 2.38. The highest BCUT2D eigenvalue weighted by molar-refractivity contribution is 7.94. The summed E-state index contributed by atoms with van der Waals surface area (Å²) in [7, 11) is -3.54. The molecule has 1 fully saturated rings. The molecular weight excluding hydrogens is 394 g/mol. The molecule has 6 nitrogen and oxygen atoms in total. The van der Waals surface area contributed by atoms with Crippen LogP contribution >= 0.6 is 23.7 Å². The van der Waals surface area contributed by atoms with Crippen LogP contribution in [-0.4, -0.2) is 33.5 Å². The Morgan fingerprint density at radius 2 is 2.00 bits per heavy atom. The molecule has 1 unspecified atom stereocenters. The molecule has 1 aliphatic rings. The summed E-state index contributed by atoms with van der Waals surface area (Å²) < 4.78 is 27.1. The topological polar surface area (TPSA) is 87.3 Å². The second-order valence-electron chi connectivity index (χ2n) is 6.01. The molecule has 3 N–H and O–H groups in total. The predicted molar refractivity (Wildman–Crippen MR) is 107 cm³/mol. The van der Waals surface area contributed by atoms with Crippen LogP contribution in [0.5, 0.6) is 0 Å². The fourth-order valence-corrected chi connectivity index (χ4v) is 4.78. The van der Waals surface area contributed by atoms with E-state index in [4.69, 9.17) is 0 Å². The maximum atomic E-state index is 12.2. The molecule has 142 valence electrons. The van der Waals surface area contributed by atoms with E-state index in [1.165, 1.54) is 11.3 Å². The van der Waals surface area contributed by atoms with Gasteiger partial charge in [0.25, 0.3) is 10.0 Å². The molecule has 0 aliphatic carbocycles. The Bertz CT molecular complexity index is 802. The molecule has 2 aromatic rings. The van der Waals surface area contributed by atoms with Crippen molar-refractivity contribution in [3.8, 4) is 0 Å². The third kappa shape index (κ3) is 5.70. The summed E-state index contributed by atoms with van der Waals surface area (Å²) in [5, 5.41) is 7.99. The van der Waals surface area contributed by atoms with Crippen molar-refractivity contribution >= 4 is 45.4 Å². The van der Waals surface area contributed by atoms with Crippen LogP contribution < -0.4 is 15.4 Å². The number of rotatable bonds is 7. The summed E-state index contributed by atoms with van der Waals surface area (Å²) in [6.07, 6.45) is 2.54. The first-order chi connectivity index (χ1) is 12.0. The molecule has 1 aromatic carbocycles. The fourth-order valence-electron chi connectivity index (χ4n) is 2.73. The third-order valence-electron chi connectivity index (χ3n) is 4.04. The van der Waals surface area contributed by atoms with Crippen molar-refractivity contribution in [3.05, 3.63) is 47.3 Å². The molecule has 26 heavy (non-hydrogen) atoms. The van der Waals surface area contributed by atoms with E-state index in [0.717, 1.165) is 24.9 Å². The molecule has 0 spiro atoms. The van der Waals surface area contributed by atoms with Crippen LogP contribution in [0.3, 0.4) is 0 Å². The molecule has 0 radical (unpaired) electrons. The van der Waals surface area contributed by atoms with E-state index < -0.39 is 10.0 Å². The first kappa shape index (κ1) is 20.7.